The van der Waals surface area contributed by atoms with E-state index in [1.807, 2.05) is 6.07 Å². The molecular formula is C9H12N. The zero-order valence-electron chi connectivity index (χ0n) is 6.46. The van der Waals surface area contributed by atoms with Gasteiger partial charge in [-0.1, -0.05) is 19.9 Å². The van der Waals surface area contributed by atoms with Crippen molar-refractivity contribution in [1.29, 1.82) is 0 Å². The smallest absolute Gasteiger partial charge is 0.0442 e. The van der Waals surface area contributed by atoms with E-state index in [4.69, 9.17) is 0 Å². The van der Waals surface area contributed by atoms with E-state index in [1.165, 1.54) is 5.56 Å². The minimum Gasteiger partial charge on any atom is -0.261 e. The molecule has 0 saturated carbocycles. The molecule has 0 aliphatic carbocycles. The molecule has 0 atom stereocenters. The SMILES string of the molecule is [CH2]c1ncccc1C(C)C. The molecule has 53 valence electrons. The molecule has 0 aromatic carbocycles. The highest BCUT2D eigenvalue weighted by molar-refractivity contribution is 5.24. The van der Waals surface area contributed by atoms with E-state index < -0.39 is 0 Å². The fourth-order valence-electron chi connectivity index (χ4n) is 0.976. The quantitative estimate of drug-likeness (QED) is 0.574. The number of nitrogens with zero attached hydrogens (tertiary/aromatic N) is 1. The summed E-state index contributed by atoms with van der Waals surface area (Å²) < 4.78 is 0. The molecule has 0 unspecified atom stereocenters. The number of aromatic nitrogens is 1. The molecule has 1 aromatic rings. The Labute approximate surface area is 62.1 Å². The molecule has 0 saturated heterocycles. The largest absolute Gasteiger partial charge is 0.261 e. The molecule has 10 heavy (non-hydrogen) atoms. The fraction of sp³-hybridized carbons (Fsp3) is 0.333. The van der Waals surface area contributed by atoms with Crippen LogP contribution in [0.2, 0.25) is 0 Å². The van der Waals surface area contributed by atoms with E-state index >= 15 is 0 Å². The van der Waals surface area contributed by atoms with E-state index in [2.05, 4.69) is 31.8 Å². The molecule has 1 rings (SSSR count). The maximum absolute atomic E-state index is 4.09. The van der Waals surface area contributed by atoms with Gasteiger partial charge in [0.1, 0.15) is 0 Å². The van der Waals surface area contributed by atoms with Crippen molar-refractivity contribution in [2.45, 2.75) is 19.8 Å². The lowest BCUT2D eigenvalue weighted by atomic mass is 10.0. The summed E-state index contributed by atoms with van der Waals surface area (Å²) in [6, 6.07) is 4.02. The maximum atomic E-state index is 4.09. The van der Waals surface area contributed by atoms with Gasteiger partial charge in [-0.3, -0.25) is 4.98 Å². The summed E-state index contributed by atoms with van der Waals surface area (Å²) in [6.45, 7) is 8.12. The van der Waals surface area contributed by atoms with Crippen molar-refractivity contribution in [3.8, 4) is 0 Å². The molecule has 0 aliphatic rings. The van der Waals surface area contributed by atoms with Gasteiger partial charge in [0.2, 0.25) is 0 Å². The highest BCUT2D eigenvalue weighted by Gasteiger charge is 2.00. The van der Waals surface area contributed by atoms with E-state index in [-0.39, 0.29) is 0 Å². The number of pyridine rings is 1. The van der Waals surface area contributed by atoms with Gasteiger partial charge in [-0.15, -0.1) is 0 Å². The van der Waals surface area contributed by atoms with Crippen LogP contribution >= 0.6 is 0 Å². The van der Waals surface area contributed by atoms with Gasteiger partial charge in [0, 0.05) is 11.9 Å². The molecule has 0 N–H and O–H groups in total. The predicted octanol–water partition coefficient (Wildman–Crippen LogP) is 2.39. The van der Waals surface area contributed by atoms with E-state index in [9.17, 15) is 0 Å². The Bertz CT molecular complexity index is 216. The normalized spacial score (nSPS) is 10.4. The lowest BCUT2D eigenvalue weighted by Crippen LogP contribution is -1.92. The van der Waals surface area contributed by atoms with Crippen LogP contribution in [0.5, 0.6) is 0 Å². The molecule has 1 nitrogen and oxygen atoms in total. The first kappa shape index (κ1) is 7.26. The summed E-state index contributed by atoms with van der Waals surface area (Å²) in [5.74, 6) is 0.529. The average molecular weight is 134 g/mol. The molecular weight excluding hydrogens is 122 g/mol. The van der Waals surface area contributed by atoms with Crippen LogP contribution in [-0.4, -0.2) is 4.98 Å². The molecule has 0 fully saturated rings. The van der Waals surface area contributed by atoms with Crippen molar-refractivity contribution >= 4 is 0 Å². The highest BCUT2D eigenvalue weighted by Crippen LogP contribution is 2.15. The first-order valence-electron chi connectivity index (χ1n) is 3.48. The summed E-state index contributed by atoms with van der Waals surface area (Å²) in [5.41, 5.74) is 2.14. The van der Waals surface area contributed by atoms with Crippen LogP contribution in [0.3, 0.4) is 0 Å². The first-order chi connectivity index (χ1) is 4.72. The zero-order valence-corrected chi connectivity index (χ0v) is 6.46. The summed E-state index contributed by atoms with van der Waals surface area (Å²) in [7, 11) is 0. The Morgan fingerprint density at radius 1 is 1.50 bits per heavy atom. The molecule has 0 amide bonds. The second kappa shape index (κ2) is 2.82. The summed E-state index contributed by atoms with van der Waals surface area (Å²) in [6.07, 6.45) is 1.77. The van der Waals surface area contributed by atoms with Gasteiger partial charge in [-0.05, 0) is 24.5 Å². The summed E-state index contributed by atoms with van der Waals surface area (Å²) >= 11 is 0. The van der Waals surface area contributed by atoms with Crippen LogP contribution in [0.25, 0.3) is 0 Å². The third kappa shape index (κ3) is 1.35. The minimum atomic E-state index is 0.529. The van der Waals surface area contributed by atoms with Crippen LogP contribution in [0.1, 0.15) is 31.0 Å². The molecule has 1 heteroatoms. The van der Waals surface area contributed by atoms with Gasteiger partial charge in [0.25, 0.3) is 0 Å². The third-order valence-corrected chi connectivity index (χ3v) is 1.55. The second-order valence-electron chi connectivity index (χ2n) is 2.69. The molecule has 1 aromatic heterocycles. The van der Waals surface area contributed by atoms with Gasteiger partial charge in [-0.25, -0.2) is 0 Å². The Hall–Kier alpha value is -0.850. The zero-order chi connectivity index (χ0) is 7.56. The first-order valence-corrected chi connectivity index (χ1v) is 3.48. The van der Waals surface area contributed by atoms with Crippen molar-refractivity contribution in [3.05, 3.63) is 36.5 Å². The summed E-state index contributed by atoms with van der Waals surface area (Å²) in [5, 5.41) is 0. The Kier molecular flexibility index (Phi) is 2.05. The van der Waals surface area contributed by atoms with Crippen LogP contribution in [-0.2, 0) is 0 Å². The standard InChI is InChI=1S/C9H12N/c1-7(2)9-5-4-6-10-8(9)3/h4-7H,3H2,1-2H3. The van der Waals surface area contributed by atoms with Crippen molar-refractivity contribution in [3.63, 3.8) is 0 Å². The van der Waals surface area contributed by atoms with Gasteiger partial charge in [-0.2, -0.15) is 0 Å². The topological polar surface area (TPSA) is 12.9 Å². The van der Waals surface area contributed by atoms with Crippen LogP contribution in [0.15, 0.2) is 18.3 Å². The van der Waals surface area contributed by atoms with Crippen LogP contribution < -0.4 is 0 Å². The number of hydrogen-bond acceptors (Lipinski definition) is 1. The lowest BCUT2D eigenvalue weighted by Gasteiger charge is -2.06. The molecule has 0 bridgehead atoms. The fourth-order valence-corrected chi connectivity index (χ4v) is 0.976. The van der Waals surface area contributed by atoms with Crippen LogP contribution in [0.4, 0.5) is 0 Å². The van der Waals surface area contributed by atoms with Gasteiger partial charge >= 0.3 is 0 Å². The third-order valence-electron chi connectivity index (χ3n) is 1.55. The van der Waals surface area contributed by atoms with Crippen molar-refractivity contribution in [2.75, 3.05) is 0 Å². The molecule has 0 aliphatic heterocycles. The van der Waals surface area contributed by atoms with Crippen molar-refractivity contribution < 1.29 is 0 Å². The monoisotopic (exact) mass is 134 g/mol. The Balaban J connectivity index is 3.03. The van der Waals surface area contributed by atoms with Gasteiger partial charge < -0.3 is 0 Å². The lowest BCUT2D eigenvalue weighted by molar-refractivity contribution is 0.850. The van der Waals surface area contributed by atoms with E-state index in [1.54, 1.807) is 6.20 Å². The van der Waals surface area contributed by atoms with E-state index in [0.29, 0.717) is 5.92 Å². The van der Waals surface area contributed by atoms with Crippen molar-refractivity contribution in [2.24, 2.45) is 0 Å². The number of rotatable bonds is 1. The summed E-state index contributed by atoms with van der Waals surface area (Å²) in [4.78, 5) is 4.09. The second-order valence-corrected chi connectivity index (χ2v) is 2.69. The van der Waals surface area contributed by atoms with Gasteiger partial charge in [0.05, 0.1) is 0 Å². The average Bonchev–Trinajstić information content (AvgIpc) is 1.88. The van der Waals surface area contributed by atoms with Crippen LogP contribution in [0, 0.1) is 6.92 Å². The number of hydrogen-bond donors (Lipinski definition) is 0. The Morgan fingerprint density at radius 3 is 2.60 bits per heavy atom. The Morgan fingerprint density at radius 2 is 2.20 bits per heavy atom. The maximum Gasteiger partial charge on any atom is 0.0442 e. The minimum absolute atomic E-state index is 0.529. The highest BCUT2D eigenvalue weighted by atomic mass is 14.7. The molecule has 1 heterocycles. The molecule has 1 radical (unpaired) electrons. The predicted molar refractivity (Wildman–Crippen MR) is 42.8 cm³/mol. The van der Waals surface area contributed by atoms with E-state index in [0.717, 1.165) is 5.69 Å². The van der Waals surface area contributed by atoms with Gasteiger partial charge in [0.15, 0.2) is 0 Å². The molecule has 0 spiro atoms. The van der Waals surface area contributed by atoms with Crippen molar-refractivity contribution in [1.82, 2.24) is 4.98 Å².